The highest BCUT2D eigenvalue weighted by atomic mass is 32.1. The second kappa shape index (κ2) is 11.1. The highest BCUT2D eigenvalue weighted by molar-refractivity contribution is 7.71. The Morgan fingerprint density at radius 1 is 1.09 bits per heavy atom. The predicted molar refractivity (Wildman–Crippen MR) is 140 cm³/mol. The molecule has 1 aliphatic carbocycles. The third-order valence-electron chi connectivity index (χ3n) is 6.63. The molecule has 1 amide bonds. The Bertz CT molecular complexity index is 1310. The van der Waals surface area contributed by atoms with E-state index in [4.69, 9.17) is 21.7 Å². The Morgan fingerprint density at radius 2 is 1.74 bits per heavy atom. The average Bonchev–Trinajstić information content (AvgIpc) is 2.85. The largest absolute Gasteiger partial charge is 0.490 e. The Kier molecular flexibility index (Phi) is 7.90. The van der Waals surface area contributed by atoms with Gasteiger partial charge >= 0.3 is 0 Å². The van der Waals surface area contributed by atoms with Gasteiger partial charge in [0.25, 0.3) is 11.5 Å². The fourth-order valence-electron chi connectivity index (χ4n) is 4.67. The third-order valence-corrected chi connectivity index (χ3v) is 6.95. The molecule has 2 N–H and O–H groups in total. The molecule has 1 aliphatic rings. The smallest absolute Gasteiger partial charge is 0.262 e. The Balaban J connectivity index is 1.57. The number of fused-ring (bicyclic) bond motifs is 1. The summed E-state index contributed by atoms with van der Waals surface area (Å²) < 4.78 is 13.2. The van der Waals surface area contributed by atoms with Gasteiger partial charge in [0.05, 0.1) is 30.7 Å². The molecule has 0 radical (unpaired) electrons. The van der Waals surface area contributed by atoms with Crippen LogP contribution in [0.4, 0.5) is 0 Å². The summed E-state index contributed by atoms with van der Waals surface area (Å²) in [4.78, 5) is 29.2. The zero-order valence-electron chi connectivity index (χ0n) is 20.6. The molecular formula is C27H33N3O4S. The summed E-state index contributed by atoms with van der Waals surface area (Å²) in [7, 11) is 0. The molecule has 7 nitrogen and oxygen atoms in total. The van der Waals surface area contributed by atoms with Crippen molar-refractivity contribution in [3.8, 4) is 11.5 Å². The first-order chi connectivity index (χ1) is 16.9. The minimum absolute atomic E-state index is 0.0518. The maximum Gasteiger partial charge on any atom is 0.262 e. The zero-order valence-corrected chi connectivity index (χ0v) is 21.4. The molecule has 2 atom stereocenters. The minimum atomic E-state index is -0.208. The lowest BCUT2D eigenvalue weighted by Crippen LogP contribution is -2.41. The van der Waals surface area contributed by atoms with Crippen molar-refractivity contribution in [1.29, 1.82) is 0 Å². The SMILES string of the molecule is CCOc1cc2[nH]c(=S)n(Cc3ccc(C(=O)N[C@H]4CCCC[C@@H]4C)cc3)c(=O)c2cc1OCC. The van der Waals surface area contributed by atoms with Crippen LogP contribution in [0.15, 0.2) is 41.2 Å². The first kappa shape index (κ1) is 25.0. The number of rotatable bonds is 8. The molecule has 1 fully saturated rings. The maximum atomic E-state index is 13.3. The molecule has 8 heteroatoms. The zero-order chi connectivity index (χ0) is 24.9. The van der Waals surface area contributed by atoms with E-state index in [9.17, 15) is 9.59 Å². The second-order valence-corrected chi connectivity index (χ2v) is 9.46. The first-order valence-electron chi connectivity index (χ1n) is 12.4. The molecule has 2 aromatic carbocycles. The maximum absolute atomic E-state index is 13.3. The number of aromatic amines is 1. The molecule has 0 saturated heterocycles. The number of H-pyrrole nitrogens is 1. The standard InChI is InChI=1S/C27H33N3O4S/c1-4-33-23-14-20-22(15-24(23)34-5-2)29-27(35)30(26(20)32)16-18-10-12-19(13-11-18)25(31)28-21-9-7-6-8-17(21)3/h10-15,17,21H,4-9,16H2,1-3H3,(H,28,31)(H,29,35)/t17-,21-/m0/s1. The van der Waals surface area contributed by atoms with Gasteiger partial charge in [-0.25, -0.2) is 0 Å². The summed E-state index contributed by atoms with van der Waals surface area (Å²) in [5.41, 5.74) is 1.89. The van der Waals surface area contributed by atoms with Gasteiger partial charge in [-0.3, -0.25) is 14.2 Å². The van der Waals surface area contributed by atoms with E-state index >= 15 is 0 Å². The number of carbonyl (C=O) groups is 1. The van der Waals surface area contributed by atoms with Gasteiger partial charge in [-0.15, -0.1) is 0 Å². The fourth-order valence-corrected chi connectivity index (χ4v) is 4.92. The number of nitrogens with one attached hydrogen (secondary N) is 2. The number of amides is 1. The predicted octanol–water partition coefficient (Wildman–Crippen LogP) is 5.21. The van der Waals surface area contributed by atoms with E-state index in [0.29, 0.717) is 58.4 Å². The van der Waals surface area contributed by atoms with Crippen molar-refractivity contribution in [1.82, 2.24) is 14.9 Å². The van der Waals surface area contributed by atoms with Crippen LogP contribution in [0.25, 0.3) is 10.9 Å². The van der Waals surface area contributed by atoms with Gasteiger partial charge in [0.2, 0.25) is 0 Å². The van der Waals surface area contributed by atoms with Gasteiger partial charge in [0, 0.05) is 17.7 Å². The van der Waals surface area contributed by atoms with Crippen molar-refractivity contribution in [2.24, 2.45) is 5.92 Å². The van der Waals surface area contributed by atoms with E-state index in [1.807, 2.05) is 26.0 Å². The van der Waals surface area contributed by atoms with Gasteiger partial charge in [0.15, 0.2) is 16.3 Å². The molecule has 0 aliphatic heterocycles. The van der Waals surface area contributed by atoms with Crippen LogP contribution in [0.3, 0.4) is 0 Å². The highest BCUT2D eigenvalue weighted by Gasteiger charge is 2.23. The van der Waals surface area contributed by atoms with E-state index in [0.717, 1.165) is 24.8 Å². The molecule has 35 heavy (non-hydrogen) atoms. The third kappa shape index (κ3) is 5.59. The lowest BCUT2D eigenvalue weighted by Gasteiger charge is -2.29. The van der Waals surface area contributed by atoms with Crippen LogP contribution < -0.4 is 20.3 Å². The average molecular weight is 496 g/mol. The van der Waals surface area contributed by atoms with Crippen LogP contribution in [-0.2, 0) is 6.54 Å². The molecule has 186 valence electrons. The van der Waals surface area contributed by atoms with Crippen LogP contribution >= 0.6 is 12.2 Å². The van der Waals surface area contributed by atoms with Gasteiger partial charge in [-0.1, -0.05) is 31.9 Å². The molecule has 0 bridgehead atoms. The highest BCUT2D eigenvalue weighted by Crippen LogP contribution is 2.31. The summed E-state index contributed by atoms with van der Waals surface area (Å²) in [6.07, 6.45) is 4.59. The van der Waals surface area contributed by atoms with Crippen molar-refractivity contribution in [2.45, 2.75) is 59.0 Å². The van der Waals surface area contributed by atoms with Crippen LogP contribution in [0, 0.1) is 10.7 Å². The number of carbonyl (C=O) groups excluding carboxylic acids is 1. The van der Waals surface area contributed by atoms with Gasteiger partial charge in [-0.2, -0.15) is 0 Å². The molecule has 0 spiro atoms. The van der Waals surface area contributed by atoms with Crippen LogP contribution in [-0.4, -0.2) is 34.7 Å². The molecule has 1 heterocycles. The first-order valence-corrected chi connectivity index (χ1v) is 12.8. The topological polar surface area (TPSA) is 85.4 Å². The quantitative estimate of drug-likeness (QED) is 0.419. The Morgan fingerprint density at radius 3 is 2.40 bits per heavy atom. The van der Waals surface area contributed by atoms with Gasteiger partial charge in [-0.05, 0) is 68.6 Å². The summed E-state index contributed by atoms with van der Waals surface area (Å²) in [5, 5.41) is 3.66. The normalized spacial score (nSPS) is 17.8. The minimum Gasteiger partial charge on any atom is -0.490 e. The Hall–Kier alpha value is -3.13. The number of benzene rings is 2. The number of aromatic nitrogens is 2. The van der Waals surface area contributed by atoms with Crippen molar-refractivity contribution >= 4 is 29.0 Å². The van der Waals surface area contributed by atoms with Crippen LogP contribution in [0.1, 0.15) is 62.4 Å². The molecule has 4 rings (SSSR count). The summed E-state index contributed by atoms with van der Waals surface area (Å²) in [5.74, 6) is 1.55. The fraction of sp³-hybridized carbons (Fsp3) is 0.444. The molecule has 1 saturated carbocycles. The number of hydrogen-bond acceptors (Lipinski definition) is 5. The monoisotopic (exact) mass is 495 g/mol. The number of hydrogen-bond donors (Lipinski definition) is 2. The van der Waals surface area contributed by atoms with E-state index < -0.39 is 0 Å². The number of ether oxygens (including phenoxy) is 2. The van der Waals surface area contributed by atoms with Gasteiger partial charge < -0.3 is 19.8 Å². The molecular weight excluding hydrogens is 462 g/mol. The summed E-state index contributed by atoms with van der Waals surface area (Å²) in [6, 6.07) is 11.0. The van der Waals surface area contributed by atoms with Crippen molar-refractivity contribution in [3.63, 3.8) is 0 Å². The molecule has 3 aromatic rings. The van der Waals surface area contributed by atoms with Gasteiger partial charge in [0.1, 0.15) is 0 Å². The molecule has 0 unspecified atom stereocenters. The van der Waals surface area contributed by atoms with Crippen molar-refractivity contribution in [3.05, 3.63) is 62.6 Å². The second-order valence-electron chi connectivity index (χ2n) is 9.07. The van der Waals surface area contributed by atoms with E-state index in [1.165, 1.54) is 11.0 Å². The summed E-state index contributed by atoms with van der Waals surface area (Å²) >= 11 is 5.50. The lowest BCUT2D eigenvalue weighted by atomic mass is 9.86. The van der Waals surface area contributed by atoms with Crippen LogP contribution in [0.2, 0.25) is 0 Å². The molecule has 1 aromatic heterocycles. The van der Waals surface area contributed by atoms with E-state index in [-0.39, 0.29) is 17.5 Å². The van der Waals surface area contributed by atoms with E-state index in [2.05, 4.69) is 17.2 Å². The number of nitrogens with zero attached hydrogens (tertiary/aromatic N) is 1. The van der Waals surface area contributed by atoms with E-state index in [1.54, 1.807) is 24.3 Å². The lowest BCUT2D eigenvalue weighted by molar-refractivity contribution is 0.0910. The Labute approximate surface area is 210 Å². The summed E-state index contributed by atoms with van der Waals surface area (Å²) in [6.45, 7) is 7.22. The van der Waals surface area contributed by atoms with Crippen molar-refractivity contribution in [2.75, 3.05) is 13.2 Å². The van der Waals surface area contributed by atoms with Crippen molar-refractivity contribution < 1.29 is 14.3 Å². The van der Waals surface area contributed by atoms with Crippen LogP contribution in [0.5, 0.6) is 11.5 Å².